The van der Waals surface area contributed by atoms with Crippen molar-refractivity contribution >= 4 is 29.4 Å². The van der Waals surface area contributed by atoms with Crippen molar-refractivity contribution in [2.45, 2.75) is 18.9 Å². The molecule has 1 atom stereocenters. The van der Waals surface area contributed by atoms with Crippen molar-refractivity contribution in [1.82, 2.24) is 4.90 Å². The Bertz CT molecular complexity index is 743. The molecule has 0 radical (unpaired) electrons. The van der Waals surface area contributed by atoms with Crippen LogP contribution in [-0.4, -0.2) is 44.7 Å². The molecule has 0 saturated carbocycles. The number of carbonyl (C=O) groups is 4. The monoisotopic (exact) mass is 321 g/mol. The van der Waals surface area contributed by atoms with E-state index in [4.69, 9.17) is 10.8 Å². The third-order valence-corrected chi connectivity index (χ3v) is 3.39. The van der Waals surface area contributed by atoms with Crippen LogP contribution in [-0.2, 0) is 9.59 Å². The van der Waals surface area contributed by atoms with E-state index >= 15 is 0 Å². The highest BCUT2D eigenvalue weighted by Gasteiger charge is 2.47. The Labute approximate surface area is 128 Å². The highest BCUT2D eigenvalue weighted by molar-refractivity contribution is 6.24. The van der Waals surface area contributed by atoms with Gasteiger partial charge in [-0.15, -0.1) is 0 Å². The largest absolute Gasteiger partial charge is 0.481 e. The van der Waals surface area contributed by atoms with Crippen molar-refractivity contribution < 1.29 is 29.2 Å². The van der Waals surface area contributed by atoms with Gasteiger partial charge >= 0.3 is 11.9 Å². The highest BCUT2D eigenvalue weighted by atomic mass is 16.6. The normalized spacial score (nSPS) is 14.5. The fourth-order valence-electron chi connectivity index (χ4n) is 2.36. The zero-order valence-electron chi connectivity index (χ0n) is 11.6. The first-order chi connectivity index (χ1) is 10.8. The number of nitrogens with zero attached hydrogens (tertiary/aromatic N) is 2. The highest BCUT2D eigenvalue weighted by Crippen LogP contribution is 2.30. The van der Waals surface area contributed by atoms with E-state index in [1.807, 2.05) is 0 Å². The van der Waals surface area contributed by atoms with E-state index in [1.165, 1.54) is 18.2 Å². The molecule has 1 aromatic carbocycles. The third-order valence-electron chi connectivity index (χ3n) is 3.39. The van der Waals surface area contributed by atoms with Gasteiger partial charge in [0, 0.05) is 12.1 Å². The first kappa shape index (κ1) is 16.1. The molecule has 120 valence electrons. The summed E-state index contributed by atoms with van der Waals surface area (Å²) < 4.78 is 0. The number of carboxylic acids is 1. The van der Waals surface area contributed by atoms with E-state index in [9.17, 15) is 29.3 Å². The quantitative estimate of drug-likeness (QED) is 0.329. The van der Waals surface area contributed by atoms with Crippen LogP contribution in [0.5, 0.6) is 0 Å². The molecule has 3 N–H and O–H groups in total. The number of nitrogen functional groups attached to an aromatic ring is 1. The van der Waals surface area contributed by atoms with E-state index in [0.717, 1.165) is 0 Å². The topological polar surface area (TPSA) is 161 Å². The number of hydrogen-bond acceptors (Lipinski definition) is 7. The summed E-state index contributed by atoms with van der Waals surface area (Å²) >= 11 is 0. The van der Waals surface area contributed by atoms with Crippen LogP contribution >= 0.6 is 0 Å². The molecule has 2 rings (SSSR count). The number of benzene rings is 1. The molecule has 23 heavy (non-hydrogen) atoms. The van der Waals surface area contributed by atoms with E-state index in [0.29, 0.717) is 4.90 Å². The van der Waals surface area contributed by atoms with E-state index in [1.54, 1.807) is 0 Å². The zero-order chi connectivity index (χ0) is 17.3. The summed E-state index contributed by atoms with van der Waals surface area (Å²) in [6.45, 7) is 0. The minimum atomic E-state index is -1.80. The first-order valence-electron chi connectivity index (χ1n) is 6.42. The average Bonchev–Trinajstić information content (AvgIpc) is 2.73. The van der Waals surface area contributed by atoms with Crippen LogP contribution in [0.4, 0.5) is 5.69 Å². The van der Waals surface area contributed by atoms with E-state index in [2.05, 4.69) is 0 Å². The summed E-state index contributed by atoms with van der Waals surface area (Å²) in [6, 6.07) is 2.30. The SMILES string of the molecule is Nc1cccc2c1C(=O)N([C@@H](CCC(=O)O)C(=O)[N+](=O)[O-])C2=O. The maximum absolute atomic E-state index is 12.3. The molecule has 1 heterocycles. The van der Waals surface area contributed by atoms with Gasteiger partial charge in [-0.3, -0.25) is 29.4 Å². The minimum Gasteiger partial charge on any atom is -0.481 e. The molecular formula is C13H11N3O7. The van der Waals surface area contributed by atoms with Gasteiger partial charge in [-0.2, -0.15) is 0 Å². The molecule has 0 unspecified atom stereocenters. The predicted molar refractivity (Wildman–Crippen MR) is 74.0 cm³/mol. The van der Waals surface area contributed by atoms with Crippen LogP contribution in [0.2, 0.25) is 0 Å². The van der Waals surface area contributed by atoms with Gasteiger partial charge in [-0.25, -0.2) is 4.79 Å². The fraction of sp³-hybridized carbons (Fsp3) is 0.231. The summed E-state index contributed by atoms with van der Waals surface area (Å²) in [5.41, 5.74) is 5.40. The van der Waals surface area contributed by atoms with Crippen molar-refractivity contribution in [3.05, 3.63) is 39.4 Å². The summed E-state index contributed by atoms with van der Waals surface area (Å²) in [5, 5.41) is 19.4. The van der Waals surface area contributed by atoms with E-state index in [-0.39, 0.29) is 16.8 Å². The average molecular weight is 321 g/mol. The molecule has 3 amide bonds. The molecule has 0 aliphatic carbocycles. The number of anilines is 1. The molecule has 1 aliphatic heterocycles. The molecule has 10 heteroatoms. The second-order valence-corrected chi connectivity index (χ2v) is 4.79. The molecule has 10 nitrogen and oxygen atoms in total. The summed E-state index contributed by atoms with van der Waals surface area (Å²) in [5.74, 6) is -4.81. The molecule has 0 spiro atoms. The van der Waals surface area contributed by atoms with Crippen LogP contribution < -0.4 is 5.73 Å². The third kappa shape index (κ3) is 2.73. The lowest BCUT2D eigenvalue weighted by Gasteiger charge is -2.20. The maximum atomic E-state index is 12.3. The van der Waals surface area contributed by atoms with Gasteiger partial charge in [0.25, 0.3) is 11.8 Å². The number of fused-ring (bicyclic) bond motifs is 1. The van der Waals surface area contributed by atoms with Crippen LogP contribution in [0, 0.1) is 10.1 Å². The second-order valence-electron chi connectivity index (χ2n) is 4.79. The Morgan fingerprint density at radius 3 is 2.48 bits per heavy atom. The van der Waals surface area contributed by atoms with Crippen molar-refractivity contribution in [2.75, 3.05) is 5.73 Å². The lowest BCUT2D eigenvalue weighted by molar-refractivity contribution is -0.405. The number of carbonyl (C=O) groups excluding carboxylic acids is 3. The minimum absolute atomic E-state index is 0.00566. The van der Waals surface area contributed by atoms with Gasteiger partial charge in [0.15, 0.2) is 6.04 Å². The number of nitrogens with two attached hydrogens (primary N) is 1. The molecule has 1 aliphatic rings. The van der Waals surface area contributed by atoms with Crippen molar-refractivity contribution in [3.8, 4) is 0 Å². The van der Waals surface area contributed by atoms with Crippen LogP contribution in [0.15, 0.2) is 18.2 Å². The van der Waals surface area contributed by atoms with Gasteiger partial charge in [0.05, 0.1) is 11.1 Å². The van der Waals surface area contributed by atoms with Gasteiger partial charge in [-0.1, -0.05) is 6.07 Å². The van der Waals surface area contributed by atoms with Gasteiger partial charge < -0.3 is 10.8 Å². The van der Waals surface area contributed by atoms with Gasteiger partial charge in [0.1, 0.15) is 4.92 Å². The lowest BCUT2D eigenvalue weighted by atomic mass is 10.1. The number of rotatable bonds is 5. The van der Waals surface area contributed by atoms with Crippen molar-refractivity contribution in [2.24, 2.45) is 0 Å². The number of amides is 3. The van der Waals surface area contributed by atoms with Crippen molar-refractivity contribution in [3.63, 3.8) is 0 Å². The Balaban J connectivity index is 2.44. The van der Waals surface area contributed by atoms with Crippen LogP contribution in [0.25, 0.3) is 0 Å². The standard InChI is InChI=1S/C13H11N3O7/c14-7-3-1-2-6-10(7)13(21)15(11(6)19)8(4-5-9(17)18)12(20)16(22)23/h1-3,8H,4-5,14H2,(H,17,18)/t8-/m0/s1. The molecule has 0 fully saturated rings. The maximum Gasteiger partial charge on any atom is 0.467 e. The molecule has 0 saturated heterocycles. The van der Waals surface area contributed by atoms with Crippen LogP contribution in [0.3, 0.4) is 0 Å². The Morgan fingerprint density at radius 2 is 1.96 bits per heavy atom. The summed E-state index contributed by atoms with van der Waals surface area (Å²) in [6.07, 6.45) is -1.17. The second kappa shape index (κ2) is 5.83. The molecular weight excluding hydrogens is 310 g/mol. The van der Waals surface area contributed by atoms with Crippen molar-refractivity contribution in [1.29, 1.82) is 0 Å². The molecule has 1 aromatic rings. The fourth-order valence-corrected chi connectivity index (χ4v) is 2.36. The van der Waals surface area contributed by atoms with Gasteiger partial charge in [-0.05, 0) is 18.6 Å². The lowest BCUT2D eigenvalue weighted by Crippen LogP contribution is -2.47. The Hall–Kier alpha value is -3.30. The number of carboxylic acid groups (broad SMARTS) is 1. The predicted octanol–water partition coefficient (Wildman–Crippen LogP) is -0.0985. The first-order valence-corrected chi connectivity index (χ1v) is 6.42. The Kier molecular flexibility index (Phi) is 4.08. The summed E-state index contributed by atoms with van der Waals surface area (Å²) in [4.78, 5) is 56.9. The number of nitro groups is 1. The van der Waals surface area contributed by atoms with Crippen LogP contribution in [0.1, 0.15) is 33.6 Å². The number of hydrogen-bond donors (Lipinski definition) is 2. The smallest absolute Gasteiger partial charge is 0.467 e. The zero-order valence-corrected chi connectivity index (χ0v) is 11.6. The molecule has 0 bridgehead atoms. The summed E-state index contributed by atoms with van der Waals surface area (Å²) in [7, 11) is 0. The number of imide groups is 1. The van der Waals surface area contributed by atoms with E-state index < -0.39 is 47.5 Å². The van der Waals surface area contributed by atoms with Gasteiger partial charge in [0.2, 0.25) is 0 Å². The number of aliphatic carboxylic acids is 1. The Morgan fingerprint density at radius 1 is 1.30 bits per heavy atom. The molecule has 0 aromatic heterocycles.